The molecule has 0 saturated heterocycles. The molecular weight excluding hydrogens is 362 g/mol. The molecule has 1 amide bonds. The minimum absolute atomic E-state index is 0.192. The molecule has 0 fully saturated rings. The average Bonchev–Trinajstić information content (AvgIpc) is 3.12. The van der Waals surface area contributed by atoms with Crippen LogP contribution < -0.4 is 10.3 Å². The summed E-state index contributed by atoms with van der Waals surface area (Å²) in [6.45, 7) is 5.98. The normalized spacial score (nSPS) is 13.0. The lowest BCUT2D eigenvalue weighted by Gasteiger charge is -2.18. The van der Waals surface area contributed by atoms with E-state index >= 15 is 0 Å². The first-order chi connectivity index (χ1) is 14.0. The largest absolute Gasteiger partial charge is 0.508 e. The Hall–Kier alpha value is -3.60. The van der Waals surface area contributed by atoms with E-state index in [-0.39, 0.29) is 11.7 Å². The number of hydrogen-bond donors (Lipinski definition) is 2. The van der Waals surface area contributed by atoms with Crippen LogP contribution in [0.3, 0.4) is 0 Å². The molecule has 3 aromatic rings. The number of aromatic hydroxyl groups is 1. The van der Waals surface area contributed by atoms with Gasteiger partial charge in [0, 0.05) is 24.3 Å². The van der Waals surface area contributed by atoms with Crippen LogP contribution in [0.15, 0.2) is 65.8 Å². The first-order valence-electron chi connectivity index (χ1n) is 9.56. The highest BCUT2D eigenvalue weighted by Crippen LogP contribution is 2.30. The number of aryl methyl sites for hydroxylation is 2. The smallest absolute Gasteiger partial charge is 0.271 e. The molecular formula is C24H23N3O2. The molecule has 2 N–H and O–H groups in total. The maximum Gasteiger partial charge on any atom is 0.271 e. The number of carbonyl (C=O) groups excluding carboxylic acids is 1. The molecule has 1 aliphatic rings. The molecule has 0 unspecified atom stereocenters. The van der Waals surface area contributed by atoms with Gasteiger partial charge < -0.3 is 10.0 Å². The van der Waals surface area contributed by atoms with Crippen molar-refractivity contribution in [1.29, 1.82) is 0 Å². The van der Waals surface area contributed by atoms with Crippen LogP contribution in [0.5, 0.6) is 5.75 Å². The third-order valence-corrected chi connectivity index (χ3v) is 5.28. The van der Waals surface area contributed by atoms with E-state index < -0.39 is 0 Å². The molecule has 1 aliphatic heterocycles. The van der Waals surface area contributed by atoms with Crippen molar-refractivity contribution in [3.05, 3.63) is 94.0 Å². The summed E-state index contributed by atoms with van der Waals surface area (Å²) in [4.78, 5) is 14.8. The second kappa shape index (κ2) is 7.80. The molecule has 0 aliphatic carbocycles. The molecule has 0 spiro atoms. The van der Waals surface area contributed by atoms with Crippen LogP contribution in [-0.4, -0.2) is 17.2 Å². The number of phenolic OH excluding ortho intramolecular Hbond substituents is 1. The second-order valence-electron chi connectivity index (χ2n) is 7.40. The van der Waals surface area contributed by atoms with Gasteiger partial charge in [-0.1, -0.05) is 18.2 Å². The lowest BCUT2D eigenvalue weighted by atomic mass is 10.0. The lowest BCUT2D eigenvalue weighted by Crippen LogP contribution is -2.19. The van der Waals surface area contributed by atoms with Gasteiger partial charge in [-0.15, -0.1) is 0 Å². The third kappa shape index (κ3) is 4.14. The summed E-state index contributed by atoms with van der Waals surface area (Å²) in [5.41, 5.74) is 10.3. The number of rotatable bonds is 4. The lowest BCUT2D eigenvalue weighted by molar-refractivity contribution is 0.0955. The van der Waals surface area contributed by atoms with Gasteiger partial charge in [-0.05, 0) is 84.1 Å². The molecule has 3 aromatic carbocycles. The maximum absolute atomic E-state index is 12.5. The third-order valence-electron chi connectivity index (χ3n) is 5.28. The van der Waals surface area contributed by atoms with Crippen LogP contribution in [0, 0.1) is 13.8 Å². The number of benzene rings is 3. The zero-order valence-electron chi connectivity index (χ0n) is 16.5. The molecule has 0 atom stereocenters. The number of nitrogens with zero attached hydrogens (tertiary/aromatic N) is 2. The highest BCUT2D eigenvalue weighted by atomic mass is 16.3. The standard InChI is InChI=1S/C24H23N3O2/c1-16-10-20-14-27(15-21(20)11-17(16)2)22-5-3-4-19(12-22)24(29)26-25-13-18-6-8-23(28)9-7-18/h3-13,28H,14-15H2,1-2H3,(H,26,29)/b25-13+. The summed E-state index contributed by atoms with van der Waals surface area (Å²) in [6.07, 6.45) is 1.54. The van der Waals surface area contributed by atoms with Crippen LogP contribution in [0.2, 0.25) is 0 Å². The predicted molar refractivity (Wildman–Crippen MR) is 115 cm³/mol. The summed E-state index contributed by atoms with van der Waals surface area (Å²) in [7, 11) is 0. The van der Waals surface area contributed by atoms with Crippen LogP contribution >= 0.6 is 0 Å². The minimum Gasteiger partial charge on any atom is -0.508 e. The summed E-state index contributed by atoms with van der Waals surface area (Å²) < 4.78 is 0. The molecule has 0 bridgehead atoms. The Kier molecular flexibility index (Phi) is 5.04. The zero-order valence-corrected chi connectivity index (χ0v) is 16.5. The van der Waals surface area contributed by atoms with Crippen molar-refractivity contribution < 1.29 is 9.90 Å². The Labute approximate surface area is 170 Å². The van der Waals surface area contributed by atoms with Crippen molar-refractivity contribution in [3.63, 3.8) is 0 Å². The molecule has 146 valence electrons. The Morgan fingerprint density at radius 1 is 1.00 bits per heavy atom. The number of fused-ring (bicyclic) bond motifs is 1. The fraction of sp³-hybridized carbons (Fsp3) is 0.167. The Morgan fingerprint density at radius 2 is 1.66 bits per heavy atom. The number of hydrogen-bond acceptors (Lipinski definition) is 4. The fourth-order valence-electron chi connectivity index (χ4n) is 3.51. The van der Waals surface area contributed by atoms with Gasteiger partial charge in [0.2, 0.25) is 0 Å². The zero-order chi connectivity index (χ0) is 20.4. The number of amides is 1. The quantitative estimate of drug-likeness (QED) is 0.520. The van der Waals surface area contributed by atoms with Gasteiger partial charge in [0.1, 0.15) is 5.75 Å². The minimum atomic E-state index is -0.259. The molecule has 1 heterocycles. The number of phenols is 1. The van der Waals surface area contributed by atoms with Gasteiger partial charge in [0.05, 0.1) is 6.21 Å². The van der Waals surface area contributed by atoms with E-state index in [4.69, 9.17) is 0 Å². The van der Waals surface area contributed by atoms with Crippen molar-refractivity contribution >= 4 is 17.8 Å². The Morgan fingerprint density at radius 3 is 2.31 bits per heavy atom. The molecule has 0 radical (unpaired) electrons. The van der Waals surface area contributed by atoms with E-state index in [2.05, 4.69) is 41.4 Å². The SMILES string of the molecule is Cc1cc2c(cc1C)CN(c1cccc(C(=O)N/N=C/c3ccc(O)cc3)c1)C2. The summed E-state index contributed by atoms with van der Waals surface area (Å²) in [5, 5.41) is 13.3. The van der Waals surface area contributed by atoms with E-state index in [1.165, 1.54) is 22.3 Å². The summed E-state index contributed by atoms with van der Waals surface area (Å²) in [6, 6.07) is 18.7. The number of anilines is 1. The van der Waals surface area contributed by atoms with E-state index in [1.54, 1.807) is 36.5 Å². The van der Waals surface area contributed by atoms with Gasteiger partial charge >= 0.3 is 0 Å². The number of carbonyl (C=O) groups is 1. The van der Waals surface area contributed by atoms with Crippen molar-refractivity contribution in [2.75, 3.05) is 4.90 Å². The Bertz CT molecular complexity index is 1060. The van der Waals surface area contributed by atoms with Gasteiger partial charge in [-0.3, -0.25) is 4.79 Å². The molecule has 29 heavy (non-hydrogen) atoms. The van der Waals surface area contributed by atoms with Gasteiger partial charge in [0.25, 0.3) is 5.91 Å². The van der Waals surface area contributed by atoms with Gasteiger partial charge in [-0.25, -0.2) is 5.43 Å². The Balaban J connectivity index is 1.45. The van der Waals surface area contributed by atoms with Gasteiger partial charge in [-0.2, -0.15) is 5.10 Å². The van der Waals surface area contributed by atoms with E-state index in [9.17, 15) is 9.90 Å². The second-order valence-corrected chi connectivity index (χ2v) is 7.40. The highest BCUT2D eigenvalue weighted by Gasteiger charge is 2.20. The predicted octanol–water partition coefficient (Wildman–Crippen LogP) is 4.29. The summed E-state index contributed by atoms with van der Waals surface area (Å²) in [5.74, 6) is -0.0670. The monoisotopic (exact) mass is 385 g/mol. The van der Waals surface area contributed by atoms with Crippen molar-refractivity contribution in [2.45, 2.75) is 26.9 Å². The molecule has 5 heteroatoms. The number of nitrogens with one attached hydrogen (secondary N) is 1. The molecule has 4 rings (SSSR count). The van der Waals surface area contributed by atoms with Crippen LogP contribution in [0.1, 0.15) is 38.2 Å². The van der Waals surface area contributed by atoms with E-state index in [1.807, 2.05) is 18.2 Å². The van der Waals surface area contributed by atoms with Crippen molar-refractivity contribution in [1.82, 2.24) is 5.43 Å². The molecule has 5 nitrogen and oxygen atoms in total. The average molecular weight is 385 g/mol. The van der Waals surface area contributed by atoms with Crippen LogP contribution in [0.25, 0.3) is 0 Å². The van der Waals surface area contributed by atoms with Gasteiger partial charge in [0.15, 0.2) is 0 Å². The van der Waals surface area contributed by atoms with E-state index in [0.29, 0.717) is 5.56 Å². The van der Waals surface area contributed by atoms with Crippen LogP contribution in [0.4, 0.5) is 5.69 Å². The fourth-order valence-corrected chi connectivity index (χ4v) is 3.51. The topological polar surface area (TPSA) is 64.9 Å². The first kappa shape index (κ1) is 18.7. The molecule has 0 aromatic heterocycles. The highest BCUT2D eigenvalue weighted by molar-refractivity contribution is 5.95. The maximum atomic E-state index is 12.5. The molecule has 0 saturated carbocycles. The summed E-state index contributed by atoms with van der Waals surface area (Å²) >= 11 is 0. The van der Waals surface area contributed by atoms with Crippen LogP contribution in [-0.2, 0) is 13.1 Å². The number of hydrazone groups is 1. The van der Waals surface area contributed by atoms with Crippen molar-refractivity contribution in [3.8, 4) is 5.75 Å². The first-order valence-corrected chi connectivity index (χ1v) is 9.56. The van der Waals surface area contributed by atoms with Crippen molar-refractivity contribution in [2.24, 2.45) is 5.10 Å². The van der Waals surface area contributed by atoms with E-state index in [0.717, 1.165) is 24.3 Å².